The van der Waals surface area contributed by atoms with Crippen molar-refractivity contribution < 1.29 is 22.4 Å². The molecule has 2 heterocycles. The van der Waals surface area contributed by atoms with Gasteiger partial charge in [0.05, 0.1) is 18.2 Å². The molecule has 210 valence electrons. The lowest BCUT2D eigenvalue weighted by molar-refractivity contribution is -0.141. The maximum absolute atomic E-state index is 14.8. The van der Waals surface area contributed by atoms with Gasteiger partial charge in [0.15, 0.2) is 11.6 Å². The van der Waals surface area contributed by atoms with E-state index in [9.17, 15) is 22.4 Å². The van der Waals surface area contributed by atoms with Crippen LogP contribution < -0.4 is 5.32 Å². The number of carbonyl (C=O) groups excluding carboxylic acids is 1. The first-order chi connectivity index (χ1) is 18.3. The molecule has 1 aliphatic heterocycles. The summed E-state index contributed by atoms with van der Waals surface area (Å²) in [5.41, 5.74) is -0.176. The molecule has 0 aliphatic carbocycles. The monoisotopic (exact) mass is 545 g/mol. The van der Waals surface area contributed by atoms with Gasteiger partial charge in [-0.3, -0.25) is 4.79 Å². The van der Waals surface area contributed by atoms with E-state index in [1.165, 1.54) is 16.8 Å². The van der Waals surface area contributed by atoms with Crippen molar-refractivity contribution in [3.05, 3.63) is 71.3 Å². The van der Waals surface area contributed by atoms with Gasteiger partial charge in [-0.25, -0.2) is 27.2 Å². The second-order valence-corrected chi connectivity index (χ2v) is 11.6. The molecule has 0 unspecified atom stereocenters. The lowest BCUT2D eigenvalue weighted by atomic mass is 9.83. The first-order valence-corrected chi connectivity index (χ1v) is 13.1. The Hall–Kier alpha value is -3.27. The summed E-state index contributed by atoms with van der Waals surface area (Å²) in [5.74, 6) is -2.52. The lowest BCUT2D eigenvalue weighted by Crippen LogP contribution is -2.47. The fourth-order valence-corrected chi connectivity index (χ4v) is 5.05. The number of hydrogen-bond acceptors (Lipinski definition) is 4. The van der Waals surface area contributed by atoms with Crippen LogP contribution in [0.25, 0.3) is 11.4 Å². The van der Waals surface area contributed by atoms with Crippen molar-refractivity contribution in [1.82, 2.24) is 25.0 Å². The zero-order chi connectivity index (χ0) is 28.5. The molecule has 1 fully saturated rings. The van der Waals surface area contributed by atoms with Crippen LogP contribution in [-0.2, 0) is 11.3 Å². The van der Waals surface area contributed by atoms with Crippen LogP contribution in [0.4, 0.5) is 17.6 Å². The summed E-state index contributed by atoms with van der Waals surface area (Å²) in [6, 6.07) is 8.29. The summed E-state index contributed by atoms with van der Waals surface area (Å²) in [6.45, 7) is 10.2. The summed E-state index contributed by atoms with van der Waals surface area (Å²) in [6.07, 6.45) is -1.12. The molecule has 0 saturated carbocycles. The third-order valence-corrected chi connectivity index (χ3v) is 6.93. The molecule has 3 aromatic rings. The Balaban J connectivity index is 1.89. The Morgan fingerprint density at radius 2 is 1.82 bits per heavy atom. The molecule has 1 aliphatic rings. The highest BCUT2D eigenvalue weighted by atomic mass is 19.1. The van der Waals surface area contributed by atoms with Gasteiger partial charge < -0.3 is 10.2 Å². The van der Waals surface area contributed by atoms with Crippen molar-refractivity contribution >= 4 is 5.91 Å². The van der Waals surface area contributed by atoms with E-state index in [0.29, 0.717) is 17.9 Å². The highest BCUT2D eigenvalue weighted by Crippen LogP contribution is 2.40. The Kier molecular flexibility index (Phi) is 8.44. The number of nitrogens with zero attached hydrogens (tertiary/aromatic N) is 4. The van der Waals surface area contributed by atoms with Gasteiger partial charge in [0, 0.05) is 31.5 Å². The number of aromatic nitrogens is 3. The summed E-state index contributed by atoms with van der Waals surface area (Å²) in [5, 5.41) is 7.57. The molecule has 2 aromatic carbocycles. The largest absolute Gasteiger partial charge is 0.331 e. The minimum absolute atomic E-state index is 0.0597. The average molecular weight is 546 g/mol. The van der Waals surface area contributed by atoms with Crippen molar-refractivity contribution in [3.8, 4) is 11.4 Å². The van der Waals surface area contributed by atoms with Crippen LogP contribution in [0.5, 0.6) is 0 Å². The van der Waals surface area contributed by atoms with Crippen LogP contribution in [0.1, 0.15) is 52.0 Å². The fraction of sp³-hybridized carbons (Fsp3) is 0.483. The number of amides is 1. The lowest BCUT2D eigenvalue weighted by Gasteiger charge is -2.41. The minimum Gasteiger partial charge on any atom is -0.331 e. The second kappa shape index (κ2) is 11.5. The predicted octanol–water partition coefficient (Wildman–Crippen LogP) is 5.54. The average Bonchev–Trinajstić information content (AvgIpc) is 3.44. The fourth-order valence-electron chi connectivity index (χ4n) is 5.05. The number of halogens is 4. The minimum atomic E-state index is -1.12. The molecule has 39 heavy (non-hydrogen) atoms. The molecule has 1 amide bonds. The highest BCUT2D eigenvalue weighted by molar-refractivity contribution is 5.78. The molecule has 10 heteroatoms. The quantitative estimate of drug-likeness (QED) is 0.378. The molecule has 0 spiro atoms. The molecule has 1 N–H and O–H groups in total. The van der Waals surface area contributed by atoms with Crippen LogP contribution in [0.3, 0.4) is 0 Å². The SMILES string of the molecule is CC(C)C(=O)N(C[C@@H]1CNC[C@@H]1F)[C@@H](c1nc(-c2cc(F)ccc2F)nn1Cc1cccc(F)c1)C(C)(C)C. The van der Waals surface area contributed by atoms with Gasteiger partial charge >= 0.3 is 0 Å². The topological polar surface area (TPSA) is 63.1 Å². The van der Waals surface area contributed by atoms with E-state index >= 15 is 0 Å². The zero-order valence-corrected chi connectivity index (χ0v) is 22.9. The molecule has 1 aromatic heterocycles. The van der Waals surface area contributed by atoms with Gasteiger partial charge in [0.2, 0.25) is 5.91 Å². The molecular formula is C29H35F4N5O. The Labute approximate surface area is 226 Å². The Morgan fingerprint density at radius 3 is 2.44 bits per heavy atom. The van der Waals surface area contributed by atoms with E-state index in [2.05, 4.69) is 15.4 Å². The summed E-state index contributed by atoms with van der Waals surface area (Å²) < 4.78 is 59.2. The van der Waals surface area contributed by atoms with Crippen molar-refractivity contribution in [2.45, 2.75) is 53.4 Å². The van der Waals surface area contributed by atoms with Gasteiger partial charge in [0.1, 0.15) is 23.6 Å². The second-order valence-electron chi connectivity index (χ2n) is 11.6. The van der Waals surface area contributed by atoms with Crippen LogP contribution in [0.15, 0.2) is 42.5 Å². The maximum atomic E-state index is 14.8. The van der Waals surface area contributed by atoms with Gasteiger partial charge in [0.25, 0.3) is 0 Å². The number of carbonyl (C=O) groups is 1. The summed E-state index contributed by atoms with van der Waals surface area (Å²) in [7, 11) is 0. The Bertz CT molecular complexity index is 1320. The smallest absolute Gasteiger partial charge is 0.225 e. The highest BCUT2D eigenvalue weighted by Gasteiger charge is 2.42. The summed E-state index contributed by atoms with van der Waals surface area (Å²) >= 11 is 0. The summed E-state index contributed by atoms with van der Waals surface area (Å²) in [4.78, 5) is 20.0. The van der Waals surface area contributed by atoms with E-state index in [0.717, 1.165) is 18.2 Å². The molecule has 6 nitrogen and oxygen atoms in total. The molecule has 4 rings (SSSR count). The normalized spacial score (nSPS) is 18.5. The van der Waals surface area contributed by atoms with Crippen molar-refractivity contribution in [2.75, 3.05) is 19.6 Å². The first kappa shape index (κ1) is 28.7. The van der Waals surface area contributed by atoms with Crippen molar-refractivity contribution in [2.24, 2.45) is 17.3 Å². The molecule has 3 atom stereocenters. The number of rotatable bonds is 8. The molecule has 1 saturated heterocycles. The standard InChI is InChI=1S/C29H35F4N5O/c1-17(2)28(39)37(16-19-13-34-14-24(19)33)25(29(3,4)5)27-35-26(22-12-21(31)9-10-23(22)32)36-38(27)15-18-7-6-8-20(30)11-18/h6-12,17,19,24-25,34H,13-16H2,1-5H3/t19-,24-,25-/m0/s1. The number of benzene rings is 2. The van der Waals surface area contributed by atoms with Crippen molar-refractivity contribution in [1.29, 1.82) is 0 Å². The predicted molar refractivity (Wildman–Crippen MR) is 141 cm³/mol. The zero-order valence-electron chi connectivity index (χ0n) is 22.9. The first-order valence-electron chi connectivity index (χ1n) is 13.1. The molecule has 0 bridgehead atoms. The van der Waals surface area contributed by atoms with E-state index in [1.807, 2.05) is 20.8 Å². The van der Waals surface area contributed by atoms with Crippen LogP contribution in [-0.4, -0.2) is 51.4 Å². The van der Waals surface area contributed by atoms with E-state index in [4.69, 9.17) is 0 Å². The number of nitrogens with one attached hydrogen (secondary N) is 1. The molecule has 0 radical (unpaired) electrons. The van der Waals surface area contributed by atoms with Crippen LogP contribution >= 0.6 is 0 Å². The van der Waals surface area contributed by atoms with E-state index < -0.39 is 41.0 Å². The van der Waals surface area contributed by atoms with Gasteiger partial charge in [-0.1, -0.05) is 46.8 Å². The maximum Gasteiger partial charge on any atom is 0.225 e. The van der Waals surface area contributed by atoms with Gasteiger partial charge in [-0.05, 0) is 41.3 Å². The van der Waals surface area contributed by atoms with Gasteiger partial charge in [-0.15, -0.1) is 0 Å². The number of hydrogen-bond donors (Lipinski definition) is 1. The van der Waals surface area contributed by atoms with Gasteiger partial charge in [-0.2, -0.15) is 5.10 Å². The van der Waals surface area contributed by atoms with E-state index in [1.54, 1.807) is 30.9 Å². The van der Waals surface area contributed by atoms with Crippen molar-refractivity contribution in [3.63, 3.8) is 0 Å². The third-order valence-electron chi connectivity index (χ3n) is 6.93. The number of alkyl halides is 1. The van der Waals surface area contributed by atoms with Crippen LogP contribution in [0, 0.1) is 34.7 Å². The van der Waals surface area contributed by atoms with E-state index in [-0.39, 0.29) is 42.8 Å². The Morgan fingerprint density at radius 1 is 1.10 bits per heavy atom. The van der Waals surface area contributed by atoms with Crippen LogP contribution in [0.2, 0.25) is 0 Å². The third kappa shape index (κ3) is 6.49. The molecular weight excluding hydrogens is 510 g/mol.